The van der Waals surface area contributed by atoms with E-state index >= 15 is 4.39 Å². The Labute approximate surface area is 232 Å². The molecule has 3 unspecified atom stereocenters. The van der Waals surface area contributed by atoms with Gasteiger partial charge in [-0.15, -0.1) is 0 Å². The van der Waals surface area contributed by atoms with Crippen molar-refractivity contribution in [3.63, 3.8) is 0 Å². The number of amides is 1. The Balaban J connectivity index is 1.80. The predicted octanol–water partition coefficient (Wildman–Crippen LogP) is 4.76. The normalized spacial score (nSPS) is 19.2. The lowest BCUT2D eigenvalue weighted by molar-refractivity contribution is -0.143. The molecule has 1 heterocycles. The molecule has 0 aliphatic carbocycles. The van der Waals surface area contributed by atoms with E-state index in [0.717, 1.165) is 35.3 Å². The van der Waals surface area contributed by atoms with Gasteiger partial charge in [0.05, 0.1) is 5.70 Å². The third-order valence-corrected chi connectivity index (χ3v) is 7.99. The standard InChI is InChI=1S/C32H44FN3O3/c1-23-17-24(2)19-35(18-23)20-29-12-7-11-28(31(29)33)14-13-27-10-6-9-25(3)30(27)21-36(22-38)32(39,15-8-16-37)26(4)34-5/h6-7,9-12,16,22-24,34,39H,4,8,13-15,17-21H2,1-3,5H3. The monoisotopic (exact) mass is 537 g/mol. The molecule has 0 bridgehead atoms. The van der Waals surface area contributed by atoms with E-state index in [1.54, 1.807) is 7.05 Å². The molecule has 212 valence electrons. The summed E-state index contributed by atoms with van der Waals surface area (Å²) >= 11 is 0. The van der Waals surface area contributed by atoms with Crippen LogP contribution in [0.4, 0.5) is 4.39 Å². The number of likely N-dealkylation sites (N-methyl/N-ethyl adjacent to an activating group) is 1. The molecule has 1 saturated heterocycles. The number of halogens is 1. The van der Waals surface area contributed by atoms with E-state index in [-0.39, 0.29) is 30.9 Å². The van der Waals surface area contributed by atoms with Gasteiger partial charge in [-0.25, -0.2) is 4.39 Å². The van der Waals surface area contributed by atoms with Crippen molar-refractivity contribution in [2.45, 2.75) is 71.7 Å². The van der Waals surface area contributed by atoms with Gasteiger partial charge in [0.1, 0.15) is 12.1 Å². The molecule has 2 N–H and O–H groups in total. The van der Waals surface area contributed by atoms with Crippen LogP contribution in [0.25, 0.3) is 0 Å². The van der Waals surface area contributed by atoms with Gasteiger partial charge in [-0.1, -0.05) is 56.8 Å². The molecule has 39 heavy (non-hydrogen) atoms. The van der Waals surface area contributed by atoms with Crippen LogP contribution in [0, 0.1) is 24.6 Å². The van der Waals surface area contributed by atoms with Crippen LogP contribution >= 0.6 is 0 Å². The summed E-state index contributed by atoms with van der Waals surface area (Å²) in [6, 6.07) is 11.6. The molecule has 1 aliphatic rings. The molecule has 1 aliphatic heterocycles. The number of carbonyl (C=O) groups excluding carboxylic acids is 2. The van der Waals surface area contributed by atoms with Crippen LogP contribution in [-0.2, 0) is 35.5 Å². The van der Waals surface area contributed by atoms with Crippen LogP contribution in [0.15, 0.2) is 48.7 Å². The molecule has 0 aromatic heterocycles. The van der Waals surface area contributed by atoms with Gasteiger partial charge in [-0.3, -0.25) is 9.69 Å². The zero-order valence-corrected chi connectivity index (χ0v) is 23.9. The van der Waals surface area contributed by atoms with Gasteiger partial charge in [-0.05, 0) is 60.3 Å². The molecule has 0 radical (unpaired) electrons. The second-order valence-electron chi connectivity index (χ2n) is 11.2. The van der Waals surface area contributed by atoms with Crippen molar-refractivity contribution in [2.24, 2.45) is 11.8 Å². The van der Waals surface area contributed by atoms with Crippen molar-refractivity contribution >= 4 is 12.7 Å². The molecule has 1 amide bonds. The highest BCUT2D eigenvalue weighted by Gasteiger charge is 2.36. The third kappa shape index (κ3) is 7.55. The Morgan fingerprint density at radius 2 is 1.74 bits per heavy atom. The summed E-state index contributed by atoms with van der Waals surface area (Å²) in [6.45, 7) is 13.1. The number of aliphatic hydroxyl groups is 1. The van der Waals surface area contributed by atoms with Crippen molar-refractivity contribution in [1.29, 1.82) is 0 Å². The number of hydrogen-bond acceptors (Lipinski definition) is 5. The second-order valence-corrected chi connectivity index (χ2v) is 11.2. The maximum atomic E-state index is 15.6. The highest BCUT2D eigenvalue weighted by Crippen LogP contribution is 2.29. The highest BCUT2D eigenvalue weighted by molar-refractivity contribution is 5.53. The molecular formula is C32H44FN3O3. The molecule has 3 rings (SSSR count). The highest BCUT2D eigenvalue weighted by atomic mass is 19.1. The summed E-state index contributed by atoms with van der Waals surface area (Å²) in [5.74, 6) is 1.10. The molecule has 3 atom stereocenters. The summed E-state index contributed by atoms with van der Waals surface area (Å²) < 4.78 is 15.6. The zero-order valence-electron chi connectivity index (χ0n) is 23.9. The first-order valence-electron chi connectivity index (χ1n) is 13.9. The Morgan fingerprint density at radius 1 is 1.13 bits per heavy atom. The zero-order chi connectivity index (χ0) is 28.6. The van der Waals surface area contributed by atoms with Crippen LogP contribution in [0.3, 0.4) is 0 Å². The Hall–Kier alpha value is -3.03. The lowest BCUT2D eigenvalue weighted by Gasteiger charge is -2.39. The lowest BCUT2D eigenvalue weighted by atomic mass is 9.91. The van der Waals surface area contributed by atoms with Crippen LogP contribution in [0.1, 0.15) is 60.9 Å². The van der Waals surface area contributed by atoms with Crippen LogP contribution in [0.5, 0.6) is 0 Å². The van der Waals surface area contributed by atoms with E-state index in [1.807, 2.05) is 43.3 Å². The van der Waals surface area contributed by atoms with Crippen molar-refractivity contribution in [3.8, 4) is 0 Å². The average Bonchev–Trinajstić information content (AvgIpc) is 2.90. The molecule has 2 aromatic rings. The Kier molecular flexibility index (Phi) is 10.8. The van der Waals surface area contributed by atoms with Crippen LogP contribution in [-0.4, -0.2) is 53.5 Å². The van der Waals surface area contributed by atoms with Gasteiger partial charge >= 0.3 is 0 Å². The smallest absolute Gasteiger partial charge is 0.212 e. The largest absolute Gasteiger partial charge is 0.388 e. The SMILES string of the molecule is C=C(NC)C(O)(CCC=O)N(C=O)Cc1c(C)cccc1CCc1cccc(CN2CC(C)CC(C)C2)c1F. The van der Waals surface area contributed by atoms with E-state index in [4.69, 9.17) is 0 Å². The molecule has 7 heteroatoms. The maximum absolute atomic E-state index is 15.6. The topological polar surface area (TPSA) is 72.9 Å². The number of hydrogen-bond donors (Lipinski definition) is 2. The van der Waals surface area contributed by atoms with Crippen molar-refractivity contribution in [2.75, 3.05) is 20.1 Å². The minimum atomic E-state index is -1.72. The molecule has 2 aromatic carbocycles. The second kappa shape index (κ2) is 13.9. The number of carbonyl (C=O) groups is 2. The lowest BCUT2D eigenvalue weighted by Crippen LogP contribution is -2.52. The van der Waals surface area contributed by atoms with Crippen LogP contribution < -0.4 is 5.32 Å². The summed E-state index contributed by atoms with van der Waals surface area (Å²) in [4.78, 5) is 26.9. The summed E-state index contributed by atoms with van der Waals surface area (Å²) in [7, 11) is 1.62. The van der Waals surface area contributed by atoms with E-state index in [2.05, 4.69) is 30.6 Å². The first-order valence-corrected chi connectivity index (χ1v) is 13.9. The van der Waals surface area contributed by atoms with E-state index in [0.29, 0.717) is 49.5 Å². The fraction of sp³-hybridized carbons (Fsp3) is 0.500. The summed E-state index contributed by atoms with van der Waals surface area (Å²) in [6.07, 6.45) is 3.73. The van der Waals surface area contributed by atoms with E-state index < -0.39 is 5.72 Å². The Bertz CT molecular complexity index is 1140. The number of benzene rings is 2. The fourth-order valence-electron chi connectivity index (χ4n) is 5.96. The fourth-order valence-corrected chi connectivity index (χ4v) is 5.96. The molecule has 0 spiro atoms. The predicted molar refractivity (Wildman–Crippen MR) is 153 cm³/mol. The van der Waals surface area contributed by atoms with Crippen molar-refractivity contribution in [1.82, 2.24) is 15.1 Å². The van der Waals surface area contributed by atoms with E-state index in [1.165, 1.54) is 11.3 Å². The van der Waals surface area contributed by atoms with Gasteiger partial charge in [0, 0.05) is 51.6 Å². The number of aldehydes is 1. The van der Waals surface area contributed by atoms with Gasteiger partial charge in [0.2, 0.25) is 6.41 Å². The Morgan fingerprint density at radius 3 is 2.38 bits per heavy atom. The molecule has 6 nitrogen and oxygen atoms in total. The minimum absolute atomic E-state index is 0.0305. The number of aryl methyl sites for hydroxylation is 3. The number of nitrogens with one attached hydrogen (secondary N) is 1. The molecule has 1 fully saturated rings. The number of likely N-dealkylation sites (tertiary alicyclic amines) is 1. The summed E-state index contributed by atoms with van der Waals surface area (Å²) in [5, 5.41) is 14.2. The minimum Gasteiger partial charge on any atom is -0.388 e. The van der Waals surface area contributed by atoms with Gasteiger partial charge in [0.15, 0.2) is 5.72 Å². The molecule has 0 saturated carbocycles. The first kappa shape index (κ1) is 30.5. The quantitative estimate of drug-likeness (QED) is 0.269. The number of rotatable bonds is 14. The van der Waals surface area contributed by atoms with Crippen molar-refractivity contribution in [3.05, 3.63) is 82.3 Å². The first-order chi connectivity index (χ1) is 18.6. The van der Waals surface area contributed by atoms with E-state index in [9.17, 15) is 14.7 Å². The molecular weight excluding hydrogens is 493 g/mol. The third-order valence-electron chi connectivity index (χ3n) is 7.99. The van der Waals surface area contributed by atoms with Crippen LogP contribution in [0.2, 0.25) is 0 Å². The van der Waals surface area contributed by atoms with Gasteiger partial charge in [-0.2, -0.15) is 0 Å². The maximum Gasteiger partial charge on any atom is 0.212 e. The average molecular weight is 538 g/mol. The number of piperidine rings is 1. The summed E-state index contributed by atoms with van der Waals surface area (Å²) in [5.41, 5.74) is 2.77. The van der Waals surface area contributed by atoms with Gasteiger partial charge in [0.25, 0.3) is 0 Å². The number of nitrogens with zero attached hydrogens (tertiary/aromatic N) is 2. The van der Waals surface area contributed by atoms with Gasteiger partial charge < -0.3 is 20.1 Å². The van der Waals surface area contributed by atoms with Crippen molar-refractivity contribution < 1.29 is 19.1 Å².